The van der Waals surface area contributed by atoms with Crippen LogP contribution in [0.15, 0.2) is 78.2 Å². The maximum absolute atomic E-state index is 13.5. The fraction of sp³-hybridized carbons (Fsp3) is 0.314. The van der Waals surface area contributed by atoms with Gasteiger partial charge in [-0.1, -0.05) is 60.4 Å². The first-order valence-corrected chi connectivity index (χ1v) is 16.0. The van der Waals surface area contributed by atoms with Gasteiger partial charge in [-0.05, 0) is 98.3 Å². The van der Waals surface area contributed by atoms with Crippen molar-refractivity contribution in [3.05, 3.63) is 111 Å². The van der Waals surface area contributed by atoms with E-state index in [1.807, 2.05) is 65.4 Å². The molecule has 0 N–H and O–H groups in total. The van der Waals surface area contributed by atoms with Gasteiger partial charge in [-0.2, -0.15) is 14.6 Å². The third kappa shape index (κ3) is 4.83. The van der Waals surface area contributed by atoms with Gasteiger partial charge >= 0.3 is 0 Å². The molecule has 216 valence electrons. The van der Waals surface area contributed by atoms with E-state index >= 15 is 0 Å². The summed E-state index contributed by atoms with van der Waals surface area (Å²) in [7, 11) is 0. The first kappa shape index (κ1) is 26.3. The Kier molecular flexibility index (Phi) is 6.40. The molecule has 4 fully saturated rings. The van der Waals surface area contributed by atoms with Crippen molar-refractivity contribution < 1.29 is 4.74 Å². The molecular formula is C35H33N5O2S. The second kappa shape index (κ2) is 10.5. The third-order valence-electron chi connectivity index (χ3n) is 9.46. The molecule has 5 aromatic rings. The fourth-order valence-electron chi connectivity index (χ4n) is 8.08. The Hall–Kier alpha value is -4.30. The van der Waals surface area contributed by atoms with Crippen LogP contribution in [0.3, 0.4) is 0 Å². The molecule has 7 nitrogen and oxygen atoms in total. The average Bonchev–Trinajstić information content (AvgIpc) is 3.70. The van der Waals surface area contributed by atoms with Crippen LogP contribution in [0.1, 0.15) is 61.2 Å². The van der Waals surface area contributed by atoms with Gasteiger partial charge < -0.3 is 4.74 Å². The number of thiazole rings is 1. The summed E-state index contributed by atoms with van der Waals surface area (Å²) in [5.41, 5.74) is 4.21. The lowest BCUT2D eigenvalue weighted by Crippen LogP contribution is -2.49. The molecular weight excluding hydrogens is 554 g/mol. The highest BCUT2D eigenvalue weighted by molar-refractivity contribution is 7.15. The SMILES string of the molecule is C=CCOc1ccc(/C=C/c2nc3s/c(=C\c4cn(-c5ccccc5)nc4C45CC6CC(CC(C6)C4)C5)c(=O)n3n2)cc1. The second-order valence-electron chi connectivity index (χ2n) is 12.5. The van der Waals surface area contributed by atoms with Crippen molar-refractivity contribution in [1.29, 1.82) is 0 Å². The van der Waals surface area contributed by atoms with E-state index in [2.05, 4.69) is 35.0 Å². The van der Waals surface area contributed by atoms with Crippen LogP contribution in [-0.2, 0) is 5.41 Å². The Morgan fingerprint density at radius 2 is 1.67 bits per heavy atom. The number of hydrogen-bond acceptors (Lipinski definition) is 6. The van der Waals surface area contributed by atoms with Gasteiger partial charge in [0.05, 0.1) is 15.9 Å². The monoisotopic (exact) mass is 587 g/mol. The number of benzene rings is 2. The van der Waals surface area contributed by atoms with Crippen molar-refractivity contribution in [3.8, 4) is 11.4 Å². The van der Waals surface area contributed by atoms with Crippen molar-refractivity contribution >= 4 is 34.5 Å². The van der Waals surface area contributed by atoms with Crippen molar-refractivity contribution in [2.75, 3.05) is 6.61 Å². The highest BCUT2D eigenvalue weighted by atomic mass is 32.1. The Labute approximate surface area is 253 Å². The number of aromatic nitrogens is 5. The highest BCUT2D eigenvalue weighted by Gasteiger charge is 2.53. The zero-order chi connectivity index (χ0) is 29.0. The Balaban J connectivity index is 1.13. The lowest BCUT2D eigenvalue weighted by Gasteiger charge is -2.56. The molecule has 0 radical (unpaired) electrons. The van der Waals surface area contributed by atoms with Crippen LogP contribution < -0.4 is 14.8 Å². The predicted molar refractivity (Wildman–Crippen MR) is 170 cm³/mol. The fourth-order valence-corrected chi connectivity index (χ4v) is 8.99. The van der Waals surface area contributed by atoms with Gasteiger partial charge in [-0.15, -0.1) is 5.10 Å². The number of fused-ring (bicyclic) bond motifs is 1. The highest BCUT2D eigenvalue weighted by Crippen LogP contribution is 2.61. The summed E-state index contributed by atoms with van der Waals surface area (Å²) in [4.78, 5) is 18.8. The van der Waals surface area contributed by atoms with E-state index in [1.54, 1.807) is 6.08 Å². The minimum atomic E-state index is -0.139. The summed E-state index contributed by atoms with van der Waals surface area (Å²) in [6.45, 7) is 4.15. The average molecular weight is 588 g/mol. The van der Waals surface area contributed by atoms with Crippen LogP contribution >= 0.6 is 11.3 Å². The molecule has 0 aliphatic heterocycles. The van der Waals surface area contributed by atoms with Crippen molar-refractivity contribution in [1.82, 2.24) is 24.4 Å². The summed E-state index contributed by atoms with van der Waals surface area (Å²) >= 11 is 1.39. The molecule has 3 heterocycles. The van der Waals surface area contributed by atoms with Crippen molar-refractivity contribution in [3.63, 3.8) is 0 Å². The molecule has 43 heavy (non-hydrogen) atoms. The van der Waals surface area contributed by atoms with E-state index in [9.17, 15) is 4.79 Å². The van der Waals surface area contributed by atoms with Crippen LogP contribution in [0.25, 0.3) is 28.9 Å². The van der Waals surface area contributed by atoms with E-state index in [0.29, 0.717) is 21.9 Å². The van der Waals surface area contributed by atoms with Gasteiger partial charge in [0.15, 0.2) is 5.82 Å². The largest absolute Gasteiger partial charge is 0.490 e. The first-order valence-electron chi connectivity index (χ1n) is 15.1. The van der Waals surface area contributed by atoms with Gasteiger partial charge in [0.1, 0.15) is 12.4 Å². The summed E-state index contributed by atoms with van der Waals surface area (Å²) in [5.74, 6) is 3.71. The number of hydrogen-bond donors (Lipinski definition) is 0. The normalized spacial score (nSPS) is 24.8. The molecule has 3 aromatic heterocycles. The summed E-state index contributed by atoms with van der Waals surface area (Å²) in [6, 6.07) is 18.0. The number of rotatable bonds is 8. The zero-order valence-electron chi connectivity index (χ0n) is 23.9. The van der Waals surface area contributed by atoms with Gasteiger partial charge in [0.2, 0.25) is 4.96 Å². The maximum atomic E-state index is 13.5. The van der Waals surface area contributed by atoms with E-state index in [1.165, 1.54) is 60.1 Å². The van der Waals surface area contributed by atoms with Crippen LogP contribution in [0, 0.1) is 17.8 Å². The second-order valence-corrected chi connectivity index (χ2v) is 13.5. The van der Waals surface area contributed by atoms with Crippen molar-refractivity contribution in [2.45, 2.75) is 43.9 Å². The van der Waals surface area contributed by atoms with Gasteiger partial charge in [0, 0.05) is 17.2 Å². The minimum absolute atomic E-state index is 0.104. The third-order valence-corrected chi connectivity index (χ3v) is 10.4. The van der Waals surface area contributed by atoms with Gasteiger partial charge in [0.25, 0.3) is 5.56 Å². The van der Waals surface area contributed by atoms with E-state index < -0.39 is 0 Å². The van der Waals surface area contributed by atoms with Crippen LogP contribution in [0.5, 0.6) is 5.75 Å². The molecule has 0 saturated heterocycles. The molecule has 0 unspecified atom stereocenters. The first-order chi connectivity index (χ1) is 21.0. The molecule has 4 saturated carbocycles. The molecule has 8 heteroatoms. The molecule has 4 aliphatic rings. The quantitative estimate of drug-likeness (QED) is 0.206. The Bertz CT molecular complexity index is 1920. The van der Waals surface area contributed by atoms with Crippen LogP contribution in [0.2, 0.25) is 0 Å². The smallest absolute Gasteiger partial charge is 0.291 e. The van der Waals surface area contributed by atoms with Crippen LogP contribution in [0.4, 0.5) is 0 Å². The molecule has 9 rings (SSSR count). The van der Waals surface area contributed by atoms with Crippen LogP contribution in [-0.4, -0.2) is 31.0 Å². The predicted octanol–water partition coefficient (Wildman–Crippen LogP) is 6.09. The Morgan fingerprint density at radius 3 is 2.35 bits per heavy atom. The lowest BCUT2D eigenvalue weighted by atomic mass is 9.48. The van der Waals surface area contributed by atoms with Crippen molar-refractivity contribution in [2.24, 2.45) is 17.8 Å². The topological polar surface area (TPSA) is 74.3 Å². The zero-order valence-corrected chi connectivity index (χ0v) is 24.7. The molecule has 2 aromatic carbocycles. The van der Waals surface area contributed by atoms with Gasteiger partial charge in [-0.25, -0.2) is 4.68 Å². The molecule has 4 bridgehead atoms. The summed E-state index contributed by atoms with van der Waals surface area (Å²) in [5, 5.41) is 9.77. The van der Waals surface area contributed by atoms with Gasteiger partial charge in [-0.3, -0.25) is 4.79 Å². The van der Waals surface area contributed by atoms with E-state index in [0.717, 1.165) is 40.3 Å². The summed E-state index contributed by atoms with van der Waals surface area (Å²) in [6.07, 6.45) is 17.4. The number of nitrogens with zero attached hydrogens (tertiary/aromatic N) is 5. The molecule has 0 spiro atoms. The summed E-state index contributed by atoms with van der Waals surface area (Å²) < 4.78 is 9.61. The van der Waals surface area contributed by atoms with E-state index in [4.69, 9.17) is 9.84 Å². The molecule has 0 amide bonds. The maximum Gasteiger partial charge on any atom is 0.291 e. The number of para-hydroxylation sites is 1. The van der Waals surface area contributed by atoms with E-state index in [-0.39, 0.29) is 11.0 Å². The molecule has 4 aliphatic carbocycles. The number of ether oxygens (including phenoxy) is 1. The lowest BCUT2D eigenvalue weighted by molar-refractivity contribution is -0.00743. The Morgan fingerprint density at radius 1 is 0.953 bits per heavy atom. The molecule has 0 atom stereocenters. The standard InChI is InChI=1S/C35H33N5O2S/c1-2-14-42-29-11-8-23(9-12-29)10-13-31-36-34-40(37-31)33(41)30(43-34)18-27-22-39(28-6-4-3-5-7-28)38-32(27)35-19-24-15-25(20-35)17-26(16-24)21-35/h2-13,18,22,24-26H,1,14-17,19-21H2/b13-10+,30-18-. The minimum Gasteiger partial charge on any atom is -0.490 e.